The molecule has 1 aliphatic rings. The number of furan rings is 1. The first kappa shape index (κ1) is 17.6. The van der Waals surface area contributed by atoms with Crippen LogP contribution in [0.15, 0.2) is 71.2 Å². The third kappa shape index (κ3) is 4.12. The third-order valence-electron chi connectivity index (χ3n) is 5.19. The average molecular weight is 361 g/mol. The zero-order valence-electron chi connectivity index (χ0n) is 15.6. The second-order valence-corrected chi connectivity index (χ2v) is 7.20. The van der Waals surface area contributed by atoms with Crippen molar-refractivity contribution in [2.45, 2.75) is 19.4 Å². The second kappa shape index (κ2) is 7.80. The largest absolute Gasteiger partial charge is 0.459 e. The smallest absolute Gasteiger partial charge is 0.275 e. The summed E-state index contributed by atoms with van der Waals surface area (Å²) in [6, 6.07) is 20.3. The van der Waals surface area contributed by atoms with Gasteiger partial charge in [-0.15, -0.1) is 0 Å². The van der Waals surface area contributed by atoms with Gasteiger partial charge in [0.25, 0.3) is 5.91 Å². The van der Waals surface area contributed by atoms with Crippen molar-refractivity contribution in [3.63, 3.8) is 0 Å². The minimum atomic E-state index is -0.135. The standard InChI is InChI=1S/C23H24N2O2/c1-17(22-15-20-9-5-6-10-21(20)27-22)24-23(26)16-25-13-11-19(12-14-25)18-7-3-2-4-8-18/h2-11,15,17H,12-14,16H2,1H3,(H,24,26)/p+1/t17-/m0/s1. The minimum Gasteiger partial charge on any atom is -0.459 e. The Kier molecular flexibility index (Phi) is 5.07. The van der Waals surface area contributed by atoms with Gasteiger partial charge in [-0.25, -0.2) is 0 Å². The minimum absolute atomic E-state index is 0.0644. The van der Waals surface area contributed by atoms with Crippen molar-refractivity contribution in [1.82, 2.24) is 5.32 Å². The lowest BCUT2D eigenvalue weighted by atomic mass is 10.00. The first-order valence-corrected chi connectivity index (χ1v) is 9.55. The molecule has 27 heavy (non-hydrogen) atoms. The average Bonchev–Trinajstić information content (AvgIpc) is 3.14. The summed E-state index contributed by atoms with van der Waals surface area (Å²) in [5.41, 5.74) is 3.53. The van der Waals surface area contributed by atoms with Gasteiger partial charge < -0.3 is 14.6 Å². The first-order chi connectivity index (χ1) is 13.2. The third-order valence-corrected chi connectivity index (χ3v) is 5.19. The van der Waals surface area contributed by atoms with Gasteiger partial charge in [-0.2, -0.15) is 0 Å². The van der Waals surface area contributed by atoms with Crippen LogP contribution >= 0.6 is 0 Å². The maximum absolute atomic E-state index is 12.5. The van der Waals surface area contributed by atoms with E-state index in [-0.39, 0.29) is 11.9 Å². The molecule has 138 valence electrons. The zero-order valence-corrected chi connectivity index (χ0v) is 15.6. The summed E-state index contributed by atoms with van der Waals surface area (Å²) in [5, 5.41) is 4.14. The van der Waals surface area contributed by atoms with Crippen LogP contribution in [-0.4, -0.2) is 25.5 Å². The number of hydrogen-bond acceptors (Lipinski definition) is 2. The molecule has 0 saturated carbocycles. The van der Waals surface area contributed by atoms with Crippen LogP contribution in [0.1, 0.15) is 30.7 Å². The molecule has 0 saturated heterocycles. The van der Waals surface area contributed by atoms with Crippen molar-refractivity contribution in [2.75, 3.05) is 19.6 Å². The fourth-order valence-corrected chi connectivity index (χ4v) is 3.66. The van der Waals surface area contributed by atoms with Gasteiger partial charge in [0.15, 0.2) is 6.54 Å². The molecule has 0 fully saturated rings. The van der Waals surface area contributed by atoms with Crippen molar-refractivity contribution in [2.24, 2.45) is 0 Å². The van der Waals surface area contributed by atoms with Crippen LogP contribution in [0.4, 0.5) is 0 Å². The van der Waals surface area contributed by atoms with Gasteiger partial charge in [-0.1, -0.05) is 48.5 Å². The first-order valence-electron chi connectivity index (χ1n) is 9.55. The van der Waals surface area contributed by atoms with E-state index in [1.807, 2.05) is 43.3 Å². The number of amides is 1. The van der Waals surface area contributed by atoms with E-state index in [0.717, 1.165) is 36.2 Å². The maximum Gasteiger partial charge on any atom is 0.275 e. The molecule has 1 aliphatic heterocycles. The van der Waals surface area contributed by atoms with E-state index < -0.39 is 0 Å². The molecular formula is C23H25N2O2+. The SMILES string of the molecule is C[C@H](NC(=O)C[NH+]1CC=C(c2ccccc2)CC1)c1cc2ccccc2o1. The molecule has 0 bridgehead atoms. The van der Waals surface area contributed by atoms with Crippen LogP contribution in [0.5, 0.6) is 0 Å². The molecule has 2 atom stereocenters. The summed E-state index contributed by atoms with van der Waals surface area (Å²) in [7, 11) is 0. The Labute approximate surface area is 159 Å². The number of fused-ring (bicyclic) bond motifs is 1. The quantitative estimate of drug-likeness (QED) is 0.734. The highest BCUT2D eigenvalue weighted by atomic mass is 16.3. The Morgan fingerprint density at radius 2 is 1.93 bits per heavy atom. The molecule has 2 N–H and O–H groups in total. The number of para-hydroxylation sites is 1. The van der Waals surface area contributed by atoms with E-state index in [1.54, 1.807) is 0 Å². The van der Waals surface area contributed by atoms with E-state index in [4.69, 9.17) is 4.42 Å². The van der Waals surface area contributed by atoms with Gasteiger partial charge in [0.05, 0.1) is 19.1 Å². The van der Waals surface area contributed by atoms with Gasteiger partial charge in [0.1, 0.15) is 11.3 Å². The van der Waals surface area contributed by atoms with Crippen molar-refractivity contribution >= 4 is 22.4 Å². The van der Waals surface area contributed by atoms with E-state index in [1.165, 1.54) is 16.0 Å². The maximum atomic E-state index is 12.5. The number of benzene rings is 2. The van der Waals surface area contributed by atoms with Gasteiger partial charge in [0, 0.05) is 11.8 Å². The summed E-state index contributed by atoms with van der Waals surface area (Å²) in [4.78, 5) is 13.8. The van der Waals surface area contributed by atoms with Gasteiger partial charge >= 0.3 is 0 Å². The summed E-state index contributed by atoms with van der Waals surface area (Å²) in [5.74, 6) is 0.860. The zero-order chi connectivity index (χ0) is 18.6. The van der Waals surface area contributed by atoms with Crippen LogP contribution in [0.3, 0.4) is 0 Å². The highest BCUT2D eigenvalue weighted by Gasteiger charge is 2.21. The lowest BCUT2D eigenvalue weighted by molar-refractivity contribution is -0.886. The molecule has 4 rings (SSSR count). The lowest BCUT2D eigenvalue weighted by Crippen LogP contribution is -3.13. The van der Waals surface area contributed by atoms with Crippen molar-refractivity contribution in [3.8, 4) is 0 Å². The van der Waals surface area contributed by atoms with Crippen LogP contribution in [0.2, 0.25) is 0 Å². The van der Waals surface area contributed by atoms with Crippen molar-refractivity contribution < 1.29 is 14.1 Å². The lowest BCUT2D eigenvalue weighted by Gasteiger charge is -2.24. The van der Waals surface area contributed by atoms with E-state index in [2.05, 4.69) is 35.7 Å². The Morgan fingerprint density at radius 3 is 2.67 bits per heavy atom. The Morgan fingerprint density at radius 1 is 1.15 bits per heavy atom. The topological polar surface area (TPSA) is 46.7 Å². The Balaban J connectivity index is 1.32. The summed E-state index contributed by atoms with van der Waals surface area (Å²) >= 11 is 0. The Bertz CT molecular complexity index is 926. The number of nitrogens with one attached hydrogen (secondary N) is 2. The van der Waals surface area contributed by atoms with E-state index >= 15 is 0 Å². The molecule has 4 heteroatoms. The van der Waals surface area contributed by atoms with Gasteiger partial charge in [-0.05, 0) is 36.3 Å². The molecule has 0 radical (unpaired) electrons. The summed E-state index contributed by atoms with van der Waals surface area (Å²) in [6.07, 6.45) is 3.27. The van der Waals surface area contributed by atoms with Crippen LogP contribution < -0.4 is 10.2 Å². The molecular weight excluding hydrogens is 336 g/mol. The summed E-state index contributed by atoms with van der Waals surface area (Å²) in [6.45, 7) is 4.32. The molecule has 3 aromatic rings. The highest BCUT2D eigenvalue weighted by Crippen LogP contribution is 2.23. The predicted octanol–water partition coefficient (Wildman–Crippen LogP) is 2.98. The second-order valence-electron chi connectivity index (χ2n) is 7.20. The molecule has 1 amide bonds. The monoisotopic (exact) mass is 361 g/mol. The number of carbonyl (C=O) groups is 1. The molecule has 0 aliphatic carbocycles. The predicted molar refractivity (Wildman–Crippen MR) is 107 cm³/mol. The number of carbonyl (C=O) groups excluding carboxylic acids is 1. The Hall–Kier alpha value is -2.85. The highest BCUT2D eigenvalue weighted by molar-refractivity contribution is 5.79. The fourth-order valence-electron chi connectivity index (χ4n) is 3.66. The van der Waals surface area contributed by atoms with Gasteiger partial charge in [0.2, 0.25) is 0 Å². The normalized spacial score (nSPS) is 18.1. The van der Waals surface area contributed by atoms with Crippen LogP contribution in [-0.2, 0) is 4.79 Å². The van der Waals surface area contributed by atoms with Crippen LogP contribution in [0.25, 0.3) is 16.5 Å². The van der Waals surface area contributed by atoms with Gasteiger partial charge in [-0.3, -0.25) is 4.79 Å². The van der Waals surface area contributed by atoms with Crippen molar-refractivity contribution in [3.05, 3.63) is 78.1 Å². The number of rotatable bonds is 5. The molecule has 0 spiro atoms. The fraction of sp³-hybridized carbons (Fsp3) is 0.261. The summed E-state index contributed by atoms with van der Waals surface area (Å²) < 4.78 is 5.85. The molecule has 2 heterocycles. The number of hydrogen-bond donors (Lipinski definition) is 2. The molecule has 4 nitrogen and oxygen atoms in total. The molecule has 1 unspecified atom stereocenters. The van der Waals surface area contributed by atoms with E-state index in [9.17, 15) is 4.79 Å². The van der Waals surface area contributed by atoms with E-state index in [0.29, 0.717) is 6.54 Å². The van der Waals surface area contributed by atoms with Crippen LogP contribution in [0, 0.1) is 0 Å². The number of quaternary nitrogens is 1. The van der Waals surface area contributed by atoms with Crippen molar-refractivity contribution in [1.29, 1.82) is 0 Å². The molecule has 2 aromatic carbocycles. The molecule has 1 aromatic heterocycles.